The zero-order valence-electron chi connectivity index (χ0n) is 13.5. The standard InChI is InChI=1S/C17H13N3O5S/c1-25-17(21)15-14(19)11(8-18)9-20(15)13-7-6-10-4-2-3-5-12(10)16(13)26(22,23)24/h2-7,9H,19H2,1H3,(H,22,23,24). The molecule has 0 aliphatic rings. The number of nitrogen functional groups attached to an aromatic ring is 1. The summed E-state index contributed by atoms with van der Waals surface area (Å²) in [5, 5.41) is 10.0. The van der Waals surface area contributed by atoms with Crippen molar-refractivity contribution in [2.45, 2.75) is 4.90 Å². The van der Waals surface area contributed by atoms with Crippen LogP contribution >= 0.6 is 0 Å². The Hall–Kier alpha value is -3.35. The van der Waals surface area contributed by atoms with Crippen molar-refractivity contribution in [3.8, 4) is 11.8 Å². The molecule has 0 spiro atoms. The molecule has 0 aliphatic carbocycles. The lowest BCUT2D eigenvalue weighted by molar-refractivity contribution is 0.0593. The van der Waals surface area contributed by atoms with E-state index in [1.807, 2.05) is 6.07 Å². The van der Waals surface area contributed by atoms with Crippen molar-refractivity contribution in [2.75, 3.05) is 12.8 Å². The van der Waals surface area contributed by atoms with Crippen LogP contribution in [0.3, 0.4) is 0 Å². The van der Waals surface area contributed by atoms with Gasteiger partial charge in [-0.25, -0.2) is 4.79 Å². The molecular formula is C17H13N3O5S. The van der Waals surface area contributed by atoms with E-state index in [-0.39, 0.29) is 28.0 Å². The van der Waals surface area contributed by atoms with Crippen molar-refractivity contribution in [1.82, 2.24) is 4.57 Å². The summed E-state index contributed by atoms with van der Waals surface area (Å²) in [7, 11) is -3.53. The molecule has 3 N–H and O–H groups in total. The third-order valence-corrected chi connectivity index (χ3v) is 4.86. The van der Waals surface area contributed by atoms with E-state index in [0.717, 1.165) is 11.7 Å². The van der Waals surface area contributed by atoms with Crippen LogP contribution in [0, 0.1) is 11.3 Å². The maximum absolute atomic E-state index is 12.1. The van der Waals surface area contributed by atoms with Crippen LogP contribution in [-0.2, 0) is 14.9 Å². The Labute approximate surface area is 148 Å². The fourth-order valence-corrected chi connectivity index (χ4v) is 3.69. The molecule has 2 aromatic carbocycles. The second kappa shape index (κ2) is 6.18. The Kier molecular flexibility index (Phi) is 4.15. The monoisotopic (exact) mass is 371 g/mol. The van der Waals surface area contributed by atoms with Gasteiger partial charge in [0.05, 0.1) is 24.0 Å². The second-order valence-corrected chi connectivity index (χ2v) is 6.75. The molecule has 0 atom stereocenters. The van der Waals surface area contributed by atoms with Crippen molar-refractivity contribution < 1.29 is 22.5 Å². The number of nitriles is 1. The number of methoxy groups -OCH3 is 1. The summed E-state index contributed by atoms with van der Waals surface area (Å²) < 4.78 is 39.8. The molecular weight excluding hydrogens is 358 g/mol. The lowest BCUT2D eigenvalue weighted by atomic mass is 10.1. The number of ether oxygens (including phenoxy) is 1. The van der Waals surface area contributed by atoms with Crippen molar-refractivity contribution in [3.05, 3.63) is 53.9 Å². The van der Waals surface area contributed by atoms with Crippen LogP contribution in [-0.4, -0.2) is 30.6 Å². The molecule has 0 unspecified atom stereocenters. The molecule has 1 heterocycles. The summed E-state index contributed by atoms with van der Waals surface area (Å²) >= 11 is 0. The smallest absolute Gasteiger partial charge is 0.357 e. The predicted molar refractivity (Wildman–Crippen MR) is 93.6 cm³/mol. The van der Waals surface area contributed by atoms with Crippen molar-refractivity contribution in [3.63, 3.8) is 0 Å². The highest BCUT2D eigenvalue weighted by Gasteiger charge is 2.27. The van der Waals surface area contributed by atoms with Crippen LogP contribution in [0.25, 0.3) is 16.5 Å². The first-order chi connectivity index (χ1) is 12.3. The number of nitrogens with zero attached hydrogens (tertiary/aromatic N) is 2. The van der Waals surface area contributed by atoms with Crippen LogP contribution in [0.15, 0.2) is 47.5 Å². The number of hydrogen-bond donors (Lipinski definition) is 2. The highest BCUT2D eigenvalue weighted by molar-refractivity contribution is 7.86. The molecule has 132 valence electrons. The van der Waals surface area contributed by atoms with E-state index in [2.05, 4.69) is 4.74 Å². The number of hydrogen-bond acceptors (Lipinski definition) is 6. The van der Waals surface area contributed by atoms with E-state index in [9.17, 15) is 23.0 Å². The second-order valence-electron chi connectivity index (χ2n) is 5.39. The highest BCUT2D eigenvalue weighted by atomic mass is 32.2. The lowest BCUT2D eigenvalue weighted by Crippen LogP contribution is -2.14. The molecule has 0 fully saturated rings. The molecule has 0 radical (unpaired) electrons. The first-order valence-electron chi connectivity index (χ1n) is 7.28. The van der Waals surface area contributed by atoms with Gasteiger partial charge in [0, 0.05) is 11.6 Å². The van der Waals surface area contributed by atoms with E-state index in [1.54, 1.807) is 24.3 Å². The van der Waals surface area contributed by atoms with Gasteiger partial charge in [-0.1, -0.05) is 30.3 Å². The first kappa shape index (κ1) is 17.5. The summed E-state index contributed by atoms with van der Waals surface area (Å²) in [6.45, 7) is 0. The summed E-state index contributed by atoms with van der Waals surface area (Å²) in [6, 6.07) is 11.4. The number of carbonyl (C=O) groups is 1. The van der Waals surface area contributed by atoms with Crippen molar-refractivity contribution >= 4 is 32.5 Å². The van der Waals surface area contributed by atoms with E-state index in [0.29, 0.717) is 5.39 Å². The average molecular weight is 371 g/mol. The number of aromatic nitrogens is 1. The van der Waals surface area contributed by atoms with E-state index < -0.39 is 21.0 Å². The maximum Gasteiger partial charge on any atom is 0.357 e. The Morgan fingerprint density at radius 2 is 1.96 bits per heavy atom. The van der Waals surface area contributed by atoms with Gasteiger partial charge < -0.3 is 15.0 Å². The van der Waals surface area contributed by atoms with Gasteiger partial charge in [0.25, 0.3) is 10.1 Å². The molecule has 0 aliphatic heterocycles. The van der Waals surface area contributed by atoms with Crippen LogP contribution in [0.2, 0.25) is 0 Å². The van der Waals surface area contributed by atoms with Gasteiger partial charge >= 0.3 is 5.97 Å². The van der Waals surface area contributed by atoms with Gasteiger partial charge in [0.2, 0.25) is 0 Å². The number of esters is 1. The van der Waals surface area contributed by atoms with Gasteiger partial charge in [-0.15, -0.1) is 0 Å². The summed E-state index contributed by atoms with van der Waals surface area (Å²) in [5.74, 6) is -0.849. The fourth-order valence-electron chi connectivity index (χ4n) is 2.80. The summed E-state index contributed by atoms with van der Waals surface area (Å²) in [5.41, 5.74) is 5.44. The first-order valence-corrected chi connectivity index (χ1v) is 8.72. The number of rotatable bonds is 3. The highest BCUT2D eigenvalue weighted by Crippen LogP contribution is 2.33. The van der Waals surface area contributed by atoms with E-state index >= 15 is 0 Å². The number of fused-ring (bicyclic) bond motifs is 1. The normalized spacial score (nSPS) is 11.3. The molecule has 9 heteroatoms. The van der Waals surface area contributed by atoms with Gasteiger partial charge in [-0.05, 0) is 11.5 Å². The van der Waals surface area contributed by atoms with E-state index in [4.69, 9.17) is 5.73 Å². The average Bonchev–Trinajstić information content (AvgIpc) is 2.95. The summed E-state index contributed by atoms with van der Waals surface area (Å²) in [4.78, 5) is 11.7. The minimum Gasteiger partial charge on any atom is -0.464 e. The number of nitrogens with two attached hydrogens (primary N) is 1. The maximum atomic E-state index is 12.1. The van der Waals surface area contributed by atoms with Crippen LogP contribution in [0.5, 0.6) is 0 Å². The predicted octanol–water partition coefficient (Wildman–Crippen LogP) is 2.12. The lowest BCUT2D eigenvalue weighted by Gasteiger charge is -2.14. The molecule has 0 saturated carbocycles. The Morgan fingerprint density at radius 3 is 2.58 bits per heavy atom. The quantitative estimate of drug-likeness (QED) is 0.531. The SMILES string of the molecule is COC(=O)c1c(N)c(C#N)cn1-c1ccc2ccccc2c1S(=O)(=O)O. The minimum absolute atomic E-state index is 0.0279. The minimum atomic E-state index is -4.66. The molecule has 3 aromatic rings. The Balaban J connectivity index is 2.48. The van der Waals surface area contributed by atoms with Crippen LogP contribution < -0.4 is 5.73 Å². The van der Waals surface area contributed by atoms with Crippen molar-refractivity contribution in [2.24, 2.45) is 0 Å². The van der Waals surface area contributed by atoms with Crippen LogP contribution in [0.4, 0.5) is 5.69 Å². The fraction of sp³-hybridized carbons (Fsp3) is 0.0588. The Morgan fingerprint density at radius 1 is 1.27 bits per heavy atom. The van der Waals surface area contributed by atoms with Crippen molar-refractivity contribution in [1.29, 1.82) is 5.26 Å². The van der Waals surface area contributed by atoms with Crippen LogP contribution in [0.1, 0.15) is 16.1 Å². The largest absolute Gasteiger partial charge is 0.464 e. The molecule has 0 saturated heterocycles. The third-order valence-electron chi connectivity index (χ3n) is 3.92. The van der Waals surface area contributed by atoms with Gasteiger partial charge in [0.15, 0.2) is 5.69 Å². The zero-order chi connectivity index (χ0) is 19.1. The number of anilines is 1. The molecule has 8 nitrogen and oxygen atoms in total. The number of benzene rings is 2. The Bertz CT molecular complexity index is 1190. The molecule has 1 aromatic heterocycles. The van der Waals surface area contributed by atoms with Gasteiger partial charge in [-0.2, -0.15) is 13.7 Å². The third kappa shape index (κ3) is 2.67. The molecule has 26 heavy (non-hydrogen) atoms. The molecule has 0 amide bonds. The number of carbonyl (C=O) groups excluding carboxylic acids is 1. The van der Waals surface area contributed by atoms with Gasteiger partial charge in [0.1, 0.15) is 11.0 Å². The molecule has 3 rings (SSSR count). The molecule has 0 bridgehead atoms. The topological polar surface area (TPSA) is 135 Å². The van der Waals surface area contributed by atoms with Gasteiger partial charge in [-0.3, -0.25) is 4.55 Å². The zero-order valence-corrected chi connectivity index (χ0v) is 14.3. The van der Waals surface area contributed by atoms with E-state index in [1.165, 1.54) is 18.3 Å². The summed E-state index contributed by atoms with van der Waals surface area (Å²) in [6.07, 6.45) is 1.22.